The van der Waals surface area contributed by atoms with Gasteiger partial charge in [-0.05, 0) is 94.7 Å². The number of carboxylic acid groups (broad SMARTS) is 1. The van der Waals surface area contributed by atoms with Crippen LogP contribution in [0.3, 0.4) is 0 Å². The zero-order valence-corrected chi connectivity index (χ0v) is 26.3. The topological polar surface area (TPSA) is 89.3 Å². The maximum Gasteiger partial charge on any atom is 0.433 e. The van der Waals surface area contributed by atoms with Crippen LogP contribution in [-0.2, 0) is 11.0 Å². The number of hydrogen-bond donors (Lipinski definition) is 1. The molecule has 1 aromatic carbocycles. The summed E-state index contributed by atoms with van der Waals surface area (Å²) in [4.78, 5) is 38.8. The second-order valence-corrected chi connectivity index (χ2v) is 13.9. The fourth-order valence-corrected chi connectivity index (χ4v) is 7.63. The van der Waals surface area contributed by atoms with E-state index >= 15 is 0 Å². The Kier molecular flexibility index (Phi) is 10.1. The highest BCUT2D eigenvalue weighted by molar-refractivity contribution is 6.40. The van der Waals surface area contributed by atoms with Gasteiger partial charge in [0, 0.05) is 12.3 Å². The first-order chi connectivity index (χ1) is 20.0. The van der Waals surface area contributed by atoms with Gasteiger partial charge in [-0.3, -0.25) is 19.1 Å². The number of benzene rings is 1. The van der Waals surface area contributed by atoms with Crippen LogP contribution in [0.2, 0.25) is 10.0 Å². The molecule has 1 aromatic heterocycles. The van der Waals surface area contributed by atoms with Crippen LogP contribution in [0.25, 0.3) is 0 Å². The van der Waals surface area contributed by atoms with Crippen molar-refractivity contribution in [1.29, 1.82) is 0 Å². The van der Waals surface area contributed by atoms with Crippen molar-refractivity contribution in [3.05, 3.63) is 50.8 Å². The van der Waals surface area contributed by atoms with Gasteiger partial charge in [-0.15, -0.1) is 0 Å². The third-order valence-electron chi connectivity index (χ3n) is 9.71. The number of hydrogen-bond acceptors (Lipinski definition) is 4. The maximum absolute atomic E-state index is 14.6. The number of nitrogens with zero attached hydrogens (tertiary/aromatic N) is 2. The monoisotopic (exact) mass is 642 g/mol. The minimum Gasteiger partial charge on any atom is -0.481 e. The van der Waals surface area contributed by atoms with Gasteiger partial charge in [-0.25, -0.2) is 0 Å². The van der Waals surface area contributed by atoms with Crippen LogP contribution >= 0.6 is 23.2 Å². The van der Waals surface area contributed by atoms with E-state index in [1.165, 1.54) is 0 Å². The number of carbonyl (C=O) groups excluding carboxylic acids is 2. The number of ketones is 2. The summed E-state index contributed by atoms with van der Waals surface area (Å²) in [6.07, 6.45) is 2.07. The largest absolute Gasteiger partial charge is 0.481 e. The van der Waals surface area contributed by atoms with Crippen molar-refractivity contribution in [3.63, 3.8) is 0 Å². The van der Waals surface area contributed by atoms with E-state index in [2.05, 4.69) is 12.0 Å². The average Bonchev–Trinajstić information content (AvgIpc) is 3.55. The number of aromatic nitrogens is 2. The molecule has 0 amide bonds. The molecule has 4 rings (SSSR count). The molecule has 1 heterocycles. The fourth-order valence-electron chi connectivity index (χ4n) is 6.82. The van der Waals surface area contributed by atoms with Crippen molar-refractivity contribution < 1.29 is 32.7 Å². The Balaban J connectivity index is 1.61. The van der Waals surface area contributed by atoms with Gasteiger partial charge in [0.2, 0.25) is 0 Å². The zero-order valence-electron chi connectivity index (χ0n) is 24.8. The van der Waals surface area contributed by atoms with Crippen molar-refractivity contribution in [1.82, 2.24) is 9.78 Å². The predicted octanol–water partition coefficient (Wildman–Crippen LogP) is 9.55. The molecule has 0 aliphatic heterocycles. The summed E-state index contributed by atoms with van der Waals surface area (Å²) in [6.45, 7) is 5.54. The SMILES string of the molecule is Cc1cc(Cl)c(C(=O)CCC(CCC2(C)CCCC2)C(=O)c2cnn([C@H]3CC[C@](C)(C(=O)O)CC3)c2C(F)(F)F)c(Cl)c1. The van der Waals surface area contributed by atoms with Crippen LogP contribution in [0.4, 0.5) is 13.2 Å². The summed E-state index contributed by atoms with van der Waals surface area (Å²) in [7, 11) is 0. The van der Waals surface area contributed by atoms with Crippen molar-refractivity contribution in [3.8, 4) is 0 Å². The van der Waals surface area contributed by atoms with Crippen molar-refractivity contribution in [2.75, 3.05) is 0 Å². The molecule has 1 N–H and O–H groups in total. The quantitative estimate of drug-likeness (QED) is 0.247. The van der Waals surface area contributed by atoms with E-state index in [0.717, 1.165) is 42.1 Å². The number of carboxylic acids is 1. The van der Waals surface area contributed by atoms with E-state index in [1.54, 1.807) is 26.0 Å². The lowest BCUT2D eigenvalue weighted by atomic mass is 9.74. The molecule has 2 aromatic rings. The van der Waals surface area contributed by atoms with Crippen LogP contribution in [-0.4, -0.2) is 32.4 Å². The van der Waals surface area contributed by atoms with E-state index in [4.69, 9.17) is 23.2 Å². The summed E-state index contributed by atoms with van der Waals surface area (Å²) in [5.41, 5.74) is -1.67. The first-order valence-electron chi connectivity index (χ1n) is 15.0. The highest BCUT2D eigenvalue weighted by atomic mass is 35.5. The number of carbonyl (C=O) groups is 3. The van der Waals surface area contributed by atoms with E-state index in [1.807, 2.05) is 0 Å². The van der Waals surface area contributed by atoms with Gasteiger partial charge in [0.25, 0.3) is 0 Å². The van der Waals surface area contributed by atoms with E-state index in [9.17, 15) is 32.7 Å². The number of alkyl halides is 3. The molecule has 1 unspecified atom stereocenters. The van der Waals surface area contributed by atoms with Gasteiger partial charge >= 0.3 is 12.1 Å². The lowest BCUT2D eigenvalue weighted by Gasteiger charge is -2.34. The molecule has 0 saturated heterocycles. The highest BCUT2D eigenvalue weighted by Crippen LogP contribution is 2.45. The van der Waals surface area contributed by atoms with Crippen LogP contribution in [0, 0.1) is 23.7 Å². The smallest absolute Gasteiger partial charge is 0.433 e. The Bertz CT molecular complexity index is 1350. The molecule has 1 atom stereocenters. The Labute approximate surface area is 260 Å². The van der Waals surface area contributed by atoms with Crippen molar-refractivity contribution in [2.24, 2.45) is 16.7 Å². The Morgan fingerprint density at radius 2 is 1.63 bits per heavy atom. The molecule has 0 bridgehead atoms. The van der Waals surface area contributed by atoms with Crippen LogP contribution < -0.4 is 0 Å². The summed E-state index contributed by atoms with van der Waals surface area (Å²) in [5, 5.41) is 14.0. The third kappa shape index (κ3) is 7.47. The number of halogens is 5. The number of rotatable bonds is 11. The predicted molar refractivity (Wildman–Crippen MR) is 159 cm³/mol. The maximum atomic E-state index is 14.6. The molecular weight excluding hydrogens is 604 g/mol. The van der Waals surface area contributed by atoms with Crippen molar-refractivity contribution in [2.45, 2.75) is 110 Å². The van der Waals surface area contributed by atoms with Crippen molar-refractivity contribution >= 4 is 40.7 Å². The van der Waals surface area contributed by atoms with E-state index in [0.29, 0.717) is 12.8 Å². The Hall–Kier alpha value is -2.39. The molecule has 2 saturated carbocycles. The number of Topliss-reactive ketones (excluding diaryl/α,β-unsaturated/α-hetero) is 2. The van der Waals surface area contributed by atoms with Gasteiger partial charge in [0.1, 0.15) is 0 Å². The summed E-state index contributed by atoms with van der Waals surface area (Å²) in [6, 6.07) is 2.57. The molecule has 6 nitrogen and oxygen atoms in total. The minimum absolute atomic E-state index is 0.00202. The summed E-state index contributed by atoms with van der Waals surface area (Å²) in [5.74, 6) is -2.85. The van der Waals surface area contributed by atoms with Gasteiger partial charge in [0.05, 0.1) is 38.8 Å². The molecule has 43 heavy (non-hydrogen) atoms. The fraction of sp³-hybridized carbons (Fsp3) is 0.625. The van der Waals surface area contributed by atoms with Gasteiger partial charge in [0.15, 0.2) is 17.3 Å². The summed E-state index contributed by atoms with van der Waals surface area (Å²) >= 11 is 12.6. The zero-order chi connectivity index (χ0) is 31.7. The number of aryl methyl sites for hydroxylation is 1. The molecule has 2 aliphatic rings. The molecule has 236 valence electrons. The van der Waals surface area contributed by atoms with Crippen LogP contribution in [0.1, 0.15) is 129 Å². The first-order valence-corrected chi connectivity index (χ1v) is 15.7. The molecule has 11 heteroatoms. The number of aliphatic carboxylic acids is 1. The molecule has 0 spiro atoms. The van der Waals surface area contributed by atoms with Gasteiger partial charge in [-0.2, -0.15) is 18.3 Å². The Morgan fingerprint density at radius 3 is 2.16 bits per heavy atom. The van der Waals surface area contributed by atoms with Crippen LogP contribution in [0.15, 0.2) is 18.3 Å². The lowest BCUT2D eigenvalue weighted by Crippen LogP contribution is -2.34. The second kappa shape index (κ2) is 12.9. The normalized spacial score (nSPS) is 22.8. The lowest BCUT2D eigenvalue weighted by molar-refractivity contribution is -0.152. The third-order valence-corrected chi connectivity index (χ3v) is 10.3. The molecule has 0 radical (unpaired) electrons. The molecular formula is C32H39Cl2F3N2O4. The average molecular weight is 644 g/mol. The van der Waals surface area contributed by atoms with Gasteiger partial charge < -0.3 is 5.11 Å². The van der Waals surface area contributed by atoms with Crippen LogP contribution in [0.5, 0.6) is 0 Å². The van der Waals surface area contributed by atoms with Gasteiger partial charge in [-0.1, -0.05) is 43.0 Å². The standard InChI is InChI=1S/C32H39Cl2F3N2O4/c1-19-16-23(33)26(24(34)17-19)25(40)7-6-20(8-13-30(2)11-4-5-12-30)27(41)22-18-38-39(28(22)32(35,36)37)21-9-14-31(3,15-10-21)29(42)43/h16-18,20-21H,4-15H2,1-3H3,(H,42,43)/t20?,21-,31-. The Morgan fingerprint density at radius 1 is 1.05 bits per heavy atom. The minimum atomic E-state index is -4.85. The second-order valence-electron chi connectivity index (χ2n) is 13.1. The molecule has 2 aliphatic carbocycles. The summed E-state index contributed by atoms with van der Waals surface area (Å²) < 4.78 is 44.6. The van der Waals surface area contributed by atoms with E-state index < -0.39 is 46.6 Å². The van der Waals surface area contributed by atoms with E-state index in [-0.39, 0.29) is 65.3 Å². The highest BCUT2D eigenvalue weighted by Gasteiger charge is 2.45. The first kappa shape index (κ1) is 33.5. The molecule has 2 fully saturated rings.